The van der Waals surface area contributed by atoms with E-state index in [0.29, 0.717) is 22.8 Å². The Hall–Kier alpha value is -3.52. The third-order valence-corrected chi connectivity index (χ3v) is 4.27. The van der Waals surface area contributed by atoms with Gasteiger partial charge in [-0.1, -0.05) is 24.3 Å². The van der Waals surface area contributed by atoms with Crippen LogP contribution in [-0.4, -0.2) is 36.5 Å². The number of halogens is 1. The fourth-order valence-corrected chi connectivity index (χ4v) is 2.94. The molecule has 0 spiro atoms. The number of nitrogens with one attached hydrogen (secondary N) is 1. The van der Waals surface area contributed by atoms with Crippen LogP contribution in [0.5, 0.6) is 11.5 Å². The number of rotatable bonds is 7. The number of amides is 4. The van der Waals surface area contributed by atoms with Crippen LogP contribution < -0.4 is 14.8 Å². The summed E-state index contributed by atoms with van der Waals surface area (Å²) in [7, 11) is 1.44. The molecule has 150 valence electrons. The minimum Gasteiger partial charge on any atom is -0.493 e. The number of urea groups is 1. The molecule has 0 aliphatic carbocycles. The monoisotopic (exact) mass is 416 g/mol. The van der Waals surface area contributed by atoms with Gasteiger partial charge in [-0.15, -0.1) is 0 Å². The van der Waals surface area contributed by atoms with Crippen molar-refractivity contribution in [2.75, 3.05) is 13.7 Å². The quantitative estimate of drug-likeness (QED) is 0.423. The Morgan fingerprint density at radius 2 is 2.10 bits per heavy atom. The van der Waals surface area contributed by atoms with Gasteiger partial charge in [0.1, 0.15) is 17.9 Å². The van der Waals surface area contributed by atoms with Gasteiger partial charge in [-0.2, -0.15) is 0 Å². The average Bonchev–Trinajstić information content (AvgIpc) is 3.20. The lowest BCUT2D eigenvalue weighted by Gasteiger charge is -2.25. The van der Waals surface area contributed by atoms with Crippen molar-refractivity contribution in [1.29, 1.82) is 0 Å². The van der Waals surface area contributed by atoms with Gasteiger partial charge in [0.25, 0.3) is 11.8 Å². The van der Waals surface area contributed by atoms with Gasteiger partial charge in [0.2, 0.25) is 0 Å². The van der Waals surface area contributed by atoms with E-state index < -0.39 is 17.8 Å². The van der Waals surface area contributed by atoms with Gasteiger partial charge in [0, 0.05) is 0 Å². The molecule has 2 aromatic rings. The van der Waals surface area contributed by atoms with E-state index in [2.05, 4.69) is 11.9 Å². The maximum absolute atomic E-state index is 12.8. The van der Waals surface area contributed by atoms with E-state index in [4.69, 9.17) is 25.5 Å². The van der Waals surface area contributed by atoms with Crippen molar-refractivity contribution in [1.82, 2.24) is 10.2 Å². The molecule has 8 nitrogen and oxygen atoms in total. The fourth-order valence-electron chi connectivity index (χ4n) is 2.67. The lowest BCUT2D eigenvalue weighted by atomic mass is 10.1. The number of barbiturate groups is 1. The summed E-state index contributed by atoms with van der Waals surface area (Å²) < 4.78 is 15.9. The maximum atomic E-state index is 12.8. The van der Waals surface area contributed by atoms with Crippen LogP contribution in [0.2, 0.25) is 5.02 Å². The van der Waals surface area contributed by atoms with Crippen molar-refractivity contribution < 1.29 is 28.3 Å². The highest BCUT2D eigenvalue weighted by atomic mass is 35.5. The highest BCUT2D eigenvalue weighted by Gasteiger charge is 2.36. The SMILES string of the molecule is C=CCOc1c(Cl)cc(/C=C2\C(=O)NC(=O)N(Cc3ccco3)C2=O)cc1OC. The van der Waals surface area contributed by atoms with Crippen molar-refractivity contribution in [3.63, 3.8) is 0 Å². The zero-order chi connectivity index (χ0) is 21.0. The van der Waals surface area contributed by atoms with E-state index in [-0.39, 0.29) is 23.7 Å². The minimum absolute atomic E-state index is 0.110. The van der Waals surface area contributed by atoms with E-state index in [0.717, 1.165) is 4.90 Å². The van der Waals surface area contributed by atoms with Gasteiger partial charge in [-0.25, -0.2) is 4.79 Å². The molecule has 1 aromatic carbocycles. The molecule has 3 rings (SSSR count). The number of hydrogen-bond acceptors (Lipinski definition) is 6. The summed E-state index contributed by atoms with van der Waals surface area (Å²) >= 11 is 6.26. The molecule has 1 fully saturated rings. The maximum Gasteiger partial charge on any atom is 0.331 e. The topological polar surface area (TPSA) is 98.1 Å². The molecule has 4 amide bonds. The average molecular weight is 417 g/mol. The van der Waals surface area contributed by atoms with Crippen LogP contribution in [-0.2, 0) is 16.1 Å². The first kappa shape index (κ1) is 20.2. The number of methoxy groups -OCH3 is 1. The molecular weight excluding hydrogens is 400 g/mol. The second-order valence-electron chi connectivity index (χ2n) is 5.92. The van der Waals surface area contributed by atoms with Crippen LogP contribution in [0.15, 0.2) is 53.2 Å². The second-order valence-corrected chi connectivity index (χ2v) is 6.33. The lowest BCUT2D eigenvalue weighted by molar-refractivity contribution is -0.130. The first-order valence-corrected chi connectivity index (χ1v) is 8.85. The smallest absolute Gasteiger partial charge is 0.331 e. The van der Waals surface area contributed by atoms with E-state index in [1.807, 2.05) is 0 Å². The van der Waals surface area contributed by atoms with Crippen LogP contribution in [0, 0.1) is 0 Å². The van der Waals surface area contributed by atoms with Crippen LogP contribution in [0.1, 0.15) is 11.3 Å². The lowest BCUT2D eigenvalue weighted by Crippen LogP contribution is -2.53. The summed E-state index contributed by atoms with van der Waals surface area (Å²) in [6.07, 6.45) is 4.31. The number of nitrogens with zero attached hydrogens (tertiary/aromatic N) is 1. The molecule has 0 bridgehead atoms. The largest absolute Gasteiger partial charge is 0.493 e. The fraction of sp³-hybridized carbons (Fsp3) is 0.150. The number of imide groups is 2. The van der Waals surface area contributed by atoms with Crippen LogP contribution >= 0.6 is 11.6 Å². The van der Waals surface area contributed by atoms with Crippen molar-refractivity contribution in [3.05, 3.63) is 65.1 Å². The highest BCUT2D eigenvalue weighted by Crippen LogP contribution is 2.37. The van der Waals surface area contributed by atoms with Crippen molar-refractivity contribution in [2.45, 2.75) is 6.54 Å². The highest BCUT2D eigenvalue weighted by molar-refractivity contribution is 6.33. The molecule has 0 atom stereocenters. The van der Waals surface area contributed by atoms with Crippen LogP contribution in [0.25, 0.3) is 6.08 Å². The number of carbonyl (C=O) groups is 3. The molecule has 1 aliphatic heterocycles. The van der Waals surface area contributed by atoms with E-state index >= 15 is 0 Å². The summed E-state index contributed by atoms with van der Waals surface area (Å²) in [6.45, 7) is 3.69. The molecule has 29 heavy (non-hydrogen) atoms. The Bertz CT molecular complexity index is 997. The molecule has 0 radical (unpaired) electrons. The van der Waals surface area contributed by atoms with Crippen molar-refractivity contribution in [3.8, 4) is 11.5 Å². The first-order chi connectivity index (χ1) is 13.9. The van der Waals surface area contributed by atoms with Crippen molar-refractivity contribution >= 4 is 35.5 Å². The van der Waals surface area contributed by atoms with E-state index in [9.17, 15) is 14.4 Å². The number of furan rings is 1. The van der Waals surface area contributed by atoms with Gasteiger partial charge in [0.15, 0.2) is 11.5 Å². The van der Waals surface area contributed by atoms with E-state index in [1.165, 1.54) is 25.5 Å². The van der Waals surface area contributed by atoms with Crippen molar-refractivity contribution in [2.24, 2.45) is 0 Å². The Kier molecular flexibility index (Phi) is 6.04. The summed E-state index contributed by atoms with van der Waals surface area (Å²) in [5.41, 5.74) is 0.192. The predicted molar refractivity (Wildman–Crippen MR) is 104 cm³/mol. The molecule has 1 N–H and O–H groups in total. The normalized spacial score (nSPS) is 15.4. The Morgan fingerprint density at radius 3 is 2.76 bits per heavy atom. The molecule has 1 aromatic heterocycles. The molecule has 1 aliphatic rings. The Morgan fingerprint density at radius 1 is 1.31 bits per heavy atom. The zero-order valence-electron chi connectivity index (χ0n) is 15.4. The number of hydrogen-bond donors (Lipinski definition) is 1. The van der Waals surface area contributed by atoms with Gasteiger partial charge >= 0.3 is 6.03 Å². The summed E-state index contributed by atoms with van der Waals surface area (Å²) in [4.78, 5) is 38.0. The molecule has 2 heterocycles. The van der Waals surface area contributed by atoms with Gasteiger partial charge in [0.05, 0.1) is 24.9 Å². The molecular formula is C20H17ClN2O6. The summed E-state index contributed by atoms with van der Waals surface area (Å²) in [5, 5.41) is 2.37. The number of benzene rings is 1. The second kappa shape index (κ2) is 8.66. The van der Waals surface area contributed by atoms with Gasteiger partial charge < -0.3 is 13.9 Å². The first-order valence-electron chi connectivity index (χ1n) is 8.47. The summed E-state index contributed by atoms with van der Waals surface area (Å²) in [5.74, 6) is -0.533. The third-order valence-electron chi connectivity index (χ3n) is 3.99. The number of ether oxygens (including phenoxy) is 2. The summed E-state index contributed by atoms with van der Waals surface area (Å²) in [6, 6.07) is 5.51. The number of carbonyl (C=O) groups excluding carboxylic acids is 3. The zero-order valence-corrected chi connectivity index (χ0v) is 16.2. The van der Waals surface area contributed by atoms with E-state index in [1.54, 1.807) is 24.3 Å². The third kappa shape index (κ3) is 4.33. The Labute approximate surface area is 171 Å². The Balaban J connectivity index is 1.94. The van der Waals surface area contributed by atoms with Crippen LogP contribution in [0.3, 0.4) is 0 Å². The van der Waals surface area contributed by atoms with Gasteiger partial charge in [-0.3, -0.25) is 19.8 Å². The predicted octanol–water partition coefficient (Wildman–Crippen LogP) is 3.17. The molecule has 0 unspecified atom stereocenters. The van der Waals surface area contributed by atoms with Crippen LogP contribution in [0.4, 0.5) is 4.79 Å². The molecule has 9 heteroatoms. The molecule has 0 saturated carbocycles. The minimum atomic E-state index is -0.822. The van der Waals surface area contributed by atoms with Gasteiger partial charge in [-0.05, 0) is 35.9 Å². The standard InChI is InChI=1S/C20H17ClN2O6/c1-3-6-29-17-15(21)9-12(10-16(17)27-2)8-14-18(24)22-20(26)23(19(14)25)11-13-5-4-7-28-13/h3-5,7-10H,1,6,11H2,2H3,(H,22,24,26)/b14-8+. The molecule has 1 saturated heterocycles.